The van der Waals surface area contributed by atoms with Gasteiger partial charge in [-0.2, -0.15) is 5.26 Å². The summed E-state index contributed by atoms with van der Waals surface area (Å²) in [6, 6.07) is 4.62. The lowest BCUT2D eigenvalue weighted by Crippen LogP contribution is -2.37. The standard InChI is InChI=1S/C12H14N4O3/c13-6-10-11(16(18)19)3-4-12(14-10)15-5-1-2-9(7-15)8-17/h3-4,9,17H,1-2,5,7-8H2. The maximum absolute atomic E-state index is 10.7. The fourth-order valence-corrected chi connectivity index (χ4v) is 2.27. The number of hydrogen-bond donors (Lipinski definition) is 1. The van der Waals surface area contributed by atoms with Crippen molar-refractivity contribution in [3.05, 3.63) is 27.9 Å². The van der Waals surface area contributed by atoms with Gasteiger partial charge in [-0.25, -0.2) is 4.98 Å². The highest BCUT2D eigenvalue weighted by Crippen LogP contribution is 2.24. The van der Waals surface area contributed by atoms with Crippen molar-refractivity contribution < 1.29 is 10.0 Å². The summed E-state index contributed by atoms with van der Waals surface area (Å²) in [5, 5.41) is 28.8. The summed E-state index contributed by atoms with van der Waals surface area (Å²) in [5.41, 5.74) is -0.449. The zero-order valence-electron chi connectivity index (χ0n) is 10.3. The van der Waals surface area contributed by atoms with Crippen LogP contribution >= 0.6 is 0 Å². The van der Waals surface area contributed by atoms with E-state index in [9.17, 15) is 15.2 Å². The molecule has 0 aliphatic carbocycles. The number of hydrogen-bond acceptors (Lipinski definition) is 6. The van der Waals surface area contributed by atoms with E-state index < -0.39 is 4.92 Å². The summed E-state index contributed by atoms with van der Waals surface area (Å²) in [6.45, 7) is 1.56. The van der Waals surface area contributed by atoms with Gasteiger partial charge in [0.15, 0.2) is 0 Å². The number of rotatable bonds is 3. The lowest BCUT2D eigenvalue weighted by Gasteiger charge is -2.32. The molecule has 1 aromatic rings. The molecule has 0 aromatic carbocycles. The highest BCUT2D eigenvalue weighted by Gasteiger charge is 2.23. The molecule has 7 heteroatoms. The minimum Gasteiger partial charge on any atom is -0.396 e. The molecule has 2 heterocycles. The number of anilines is 1. The van der Waals surface area contributed by atoms with Crippen molar-refractivity contribution in [2.75, 3.05) is 24.6 Å². The minimum absolute atomic E-state index is 0.120. The SMILES string of the molecule is N#Cc1nc(N2CCCC(CO)C2)ccc1[N+](=O)[O-]. The van der Waals surface area contributed by atoms with Gasteiger partial charge >= 0.3 is 5.69 Å². The molecule has 0 spiro atoms. The highest BCUT2D eigenvalue weighted by molar-refractivity contribution is 5.51. The van der Waals surface area contributed by atoms with Crippen LogP contribution in [0.25, 0.3) is 0 Å². The fourth-order valence-electron chi connectivity index (χ4n) is 2.27. The van der Waals surface area contributed by atoms with Gasteiger partial charge in [-0.3, -0.25) is 10.1 Å². The summed E-state index contributed by atoms with van der Waals surface area (Å²) in [6.07, 6.45) is 1.90. The van der Waals surface area contributed by atoms with E-state index in [1.54, 1.807) is 12.1 Å². The zero-order valence-corrected chi connectivity index (χ0v) is 10.3. The number of nitrogens with zero attached hydrogens (tertiary/aromatic N) is 4. The molecule has 100 valence electrons. The number of aliphatic hydroxyl groups is 1. The molecule has 1 aromatic heterocycles. The summed E-state index contributed by atoms with van der Waals surface area (Å²) >= 11 is 0. The largest absolute Gasteiger partial charge is 0.396 e. The molecule has 0 bridgehead atoms. The summed E-state index contributed by atoms with van der Waals surface area (Å²) in [4.78, 5) is 16.1. The number of aromatic nitrogens is 1. The van der Waals surface area contributed by atoms with E-state index in [1.807, 2.05) is 4.90 Å². The van der Waals surface area contributed by atoms with Crippen molar-refractivity contribution in [2.24, 2.45) is 5.92 Å². The topological polar surface area (TPSA) is 103 Å². The van der Waals surface area contributed by atoms with Crippen molar-refractivity contribution in [1.29, 1.82) is 5.26 Å². The smallest absolute Gasteiger partial charge is 0.305 e. The molecule has 1 unspecified atom stereocenters. The molecular weight excluding hydrogens is 248 g/mol. The molecule has 1 N–H and O–H groups in total. The Balaban J connectivity index is 2.26. The Morgan fingerprint density at radius 1 is 1.63 bits per heavy atom. The Labute approximate surface area is 110 Å². The average molecular weight is 262 g/mol. The predicted molar refractivity (Wildman–Crippen MR) is 67.6 cm³/mol. The lowest BCUT2D eigenvalue weighted by molar-refractivity contribution is -0.385. The van der Waals surface area contributed by atoms with E-state index in [0.29, 0.717) is 12.4 Å². The van der Waals surface area contributed by atoms with Gasteiger partial charge in [-0.1, -0.05) is 0 Å². The monoisotopic (exact) mass is 262 g/mol. The molecule has 1 aliphatic rings. The Kier molecular flexibility index (Phi) is 3.92. The van der Waals surface area contributed by atoms with Crippen LogP contribution in [0.2, 0.25) is 0 Å². The number of piperidine rings is 1. The van der Waals surface area contributed by atoms with Crippen LogP contribution in [0.1, 0.15) is 18.5 Å². The van der Waals surface area contributed by atoms with Gasteiger partial charge in [0.05, 0.1) is 4.92 Å². The Morgan fingerprint density at radius 2 is 2.42 bits per heavy atom. The molecule has 1 saturated heterocycles. The van der Waals surface area contributed by atoms with Crippen LogP contribution in [-0.2, 0) is 0 Å². The number of aliphatic hydroxyl groups excluding tert-OH is 1. The normalized spacial score (nSPS) is 18.9. The number of pyridine rings is 1. The van der Waals surface area contributed by atoms with Crippen molar-refractivity contribution in [1.82, 2.24) is 4.98 Å². The first-order chi connectivity index (χ1) is 9.15. The first-order valence-electron chi connectivity index (χ1n) is 6.07. The zero-order chi connectivity index (χ0) is 13.8. The van der Waals surface area contributed by atoms with E-state index in [4.69, 9.17) is 5.26 Å². The third kappa shape index (κ3) is 2.80. The third-order valence-electron chi connectivity index (χ3n) is 3.26. The summed E-state index contributed by atoms with van der Waals surface area (Å²) in [5.74, 6) is 0.747. The molecular formula is C12H14N4O3. The highest BCUT2D eigenvalue weighted by atomic mass is 16.6. The second kappa shape index (κ2) is 5.63. The maximum atomic E-state index is 10.7. The lowest BCUT2D eigenvalue weighted by atomic mass is 9.99. The van der Waals surface area contributed by atoms with Crippen LogP contribution in [0.3, 0.4) is 0 Å². The second-order valence-electron chi connectivity index (χ2n) is 4.54. The van der Waals surface area contributed by atoms with E-state index in [0.717, 1.165) is 19.4 Å². The molecule has 7 nitrogen and oxygen atoms in total. The van der Waals surface area contributed by atoms with E-state index in [1.165, 1.54) is 6.07 Å². The summed E-state index contributed by atoms with van der Waals surface area (Å²) < 4.78 is 0. The Bertz CT molecular complexity index is 526. The molecule has 19 heavy (non-hydrogen) atoms. The van der Waals surface area contributed by atoms with Gasteiger partial charge in [-0.15, -0.1) is 0 Å². The van der Waals surface area contributed by atoms with E-state index >= 15 is 0 Å². The minimum atomic E-state index is -0.609. The van der Waals surface area contributed by atoms with Crippen molar-refractivity contribution >= 4 is 11.5 Å². The average Bonchev–Trinajstić information content (AvgIpc) is 2.46. The molecule has 1 fully saturated rings. The van der Waals surface area contributed by atoms with Crippen LogP contribution in [-0.4, -0.2) is 34.7 Å². The molecule has 0 amide bonds. The Hall–Kier alpha value is -2.20. The van der Waals surface area contributed by atoms with Gasteiger partial charge in [0.2, 0.25) is 5.69 Å². The first-order valence-corrected chi connectivity index (χ1v) is 6.07. The van der Waals surface area contributed by atoms with Crippen molar-refractivity contribution in [3.8, 4) is 6.07 Å². The fraction of sp³-hybridized carbons (Fsp3) is 0.500. The van der Waals surface area contributed by atoms with Crippen molar-refractivity contribution in [3.63, 3.8) is 0 Å². The predicted octanol–water partition coefficient (Wildman–Crippen LogP) is 1.07. The second-order valence-corrected chi connectivity index (χ2v) is 4.54. The maximum Gasteiger partial charge on any atom is 0.305 e. The van der Waals surface area contributed by atoms with Gasteiger partial charge in [0.25, 0.3) is 0 Å². The van der Waals surface area contributed by atoms with Crippen molar-refractivity contribution in [2.45, 2.75) is 12.8 Å². The van der Waals surface area contributed by atoms with Gasteiger partial charge in [0, 0.05) is 25.8 Å². The van der Waals surface area contributed by atoms with Gasteiger partial charge in [0.1, 0.15) is 11.9 Å². The molecule has 1 atom stereocenters. The quantitative estimate of drug-likeness (QED) is 0.645. The van der Waals surface area contributed by atoms with Crippen LogP contribution in [0.5, 0.6) is 0 Å². The Morgan fingerprint density at radius 3 is 3.05 bits per heavy atom. The van der Waals surface area contributed by atoms with E-state index in [-0.39, 0.29) is 23.9 Å². The van der Waals surface area contributed by atoms with Crippen LogP contribution in [0.15, 0.2) is 12.1 Å². The number of nitro groups is 1. The van der Waals surface area contributed by atoms with Gasteiger partial charge in [-0.05, 0) is 24.8 Å². The number of nitriles is 1. The first kappa shape index (κ1) is 13.2. The molecule has 0 radical (unpaired) electrons. The molecule has 1 aliphatic heterocycles. The van der Waals surface area contributed by atoms with Crippen LogP contribution in [0.4, 0.5) is 11.5 Å². The third-order valence-corrected chi connectivity index (χ3v) is 3.26. The molecule has 0 saturated carbocycles. The van der Waals surface area contributed by atoms with E-state index in [2.05, 4.69) is 4.98 Å². The summed E-state index contributed by atoms with van der Waals surface area (Å²) in [7, 11) is 0. The van der Waals surface area contributed by atoms with Gasteiger partial charge < -0.3 is 10.0 Å². The van der Waals surface area contributed by atoms with Crippen LogP contribution in [0, 0.1) is 27.4 Å². The molecule has 2 rings (SSSR count). The van der Waals surface area contributed by atoms with Crippen LogP contribution < -0.4 is 4.90 Å².